The monoisotopic (exact) mass is 340 g/mol. The van der Waals surface area contributed by atoms with Gasteiger partial charge in [-0.1, -0.05) is 37.3 Å². The molecule has 2 amide bonds. The highest BCUT2D eigenvalue weighted by molar-refractivity contribution is 6.04. The number of ether oxygens (including phenoxy) is 1. The summed E-state index contributed by atoms with van der Waals surface area (Å²) < 4.78 is 5.75. The van der Waals surface area contributed by atoms with Gasteiger partial charge >= 0.3 is 0 Å². The van der Waals surface area contributed by atoms with Crippen molar-refractivity contribution in [2.24, 2.45) is 0 Å². The number of hydrogen-bond donors (Lipinski definition) is 2. The van der Waals surface area contributed by atoms with Gasteiger partial charge in [0.1, 0.15) is 5.75 Å². The van der Waals surface area contributed by atoms with Gasteiger partial charge in [-0.15, -0.1) is 0 Å². The van der Waals surface area contributed by atoms with Crippen molar-refractivity contribution in [2.45, 2.75) is 39.3 Å². The molecule has 5 nitrogen and oxygen atoms in total. The Labute approximate surface area is 148 Å². The van der Waals surface area contributed by atoms with Crippen LogP contribution in [0.2, 0.25) is 0 Å². The van der Waals surface area contributed by atoms with Crippen LogP contribution in [0.1, 0.15) is 37.6 Å². The van der Waals surface area contributed by atoms with Crippen LogP contribution in [-0.2, 0) is 4.79 Å². The lowest BCUT2D eigenvalue weighted by Crippen LogP contribution is -2.34. The SMILES string of the molecule is CCC(Oc1ccccc1)C(=O)Nc1ccccc1C(=O)NC(C)C. The van der Waals surface area contributed by atoms with Gasteiger partial charge in [0.2, 0.25) is 0 Å². The molecule has 2 N–H and O–H groups in total. The Kier molecular flexibility index (Phi) is 6.57. The molecule has 2 rings (SSSR count). The molecular weight excluding hydrogens is 316 g/mol. The molecule has 0 heterocycles. The predicted molar refractivity (Wildman–Crippen MR) is 98.8 cm³/mol. The maximum atomic E-state index is 12.6. The zero-order chi connectivity index (χ0) is 18.2. The highest BCUT2D eigenvalue weighted by Crippen LogP contribution is 2.18. The minimum absolute atomic E-state index is 0.0149. The van der Waals surface area contributed by atoms with E-state index in [1.54, 1.807) is 36.4 Å². The van der Waals surface area contributed by atoms with Gasteiger partial charge in [-0.25, -0.2) is 0 Å². The largest absolute Gasteiger partial charge is 0.481 e. The second-order valence-electron chi connectivity index (χ2n) is 5.99. The van der Waals surface area contributed by atoms with Crippen LogP contribution in [0, 0.1) is 0 Å². The molecular formula is C20H24N2O3. The third kappa shape index (κ3) is 5.35. The van der Waals surface area contributed by atoms with E-state index in [0.29, 0.717) is 23.4 Å². The first-order chi connectivity index (χ1) is 12.0. The van der Waals surface area contributed by atoms with Crippen LogP contribution in [0.25, 0.3) is 0 Å². The minimum Gasteiger partial charge on any atom is -0.481 e. The van der Waals surface area contributed by atoms with E-state index in [-0.39, 0.29) is 17.9 Å². The summed E-state index contributed by atoms with van der Waals surface area (Å²) in [6.07, 6.45) is -0.121. The van der Waals surface area contributed by atoms with E-state index in [1.165, 1.54) is 0 Å². The Hall–Kier alpha value is -2.82. The first-order valence-corrected chi connectivity index (χ1v) is 8.43. The van der Waals surface area contributed by atoms with E-state index >= 15 is 0 Å². The fourth-order valence-electron chi connectivity index (χ4n) is 2.33. The second kappa shape index (κ2) is 8.87. The van der Waals surface area contributed by atoms with Crippen LogP contribution >= 0.6 is 0 Å². The highest BCUT2D eigenvalue weighted by Gasteiger charge is 2.21. The van der Waals surface area contributed by atoms with Crippen LogP contribution in [-0.4, -0.2) is 24.0 Å². The standard InChI is InChI=1S/C20H24N2O3/c1-4-18(25-15-10-6-5-7-11-15)20(24)22-17-13-9-8-12-16(17)19(23)21-14(2)3/h5-14,18H,4H2,1-3H3,(H,21,23)(H,22,24). The normalized spacial score (nSPS) is 11.7. The zero-order valence-corrected chi connectivity index (χ0v) is 14.8. The lowest BCUT2D eigenvalue weighted by molar-refractivity contribution is -0.122. The van der Waals surface area contributed by atoms with Crippen molar-refractivity contribution in [1.82, 2.24) is 5.32 Å². The molecule has 0 aliphatic carbocycles. The van der Waals surface area contributed by atoms with Crippen molar-refractivity contribution in [1.29, 1.82) is 0 Å². The zero-order valence-electron chi connectivity index (χ0n) is 14.8. The topological polar surface area (TPSA) is 67.4 Å². The van der Waals surface area contributed by atoms with E-state index in [1.807, 2.05) is 39.0 Å². The lowest BCUT2D eigenvalue weighted by atomic mass is 10.1. The molecule has 0 aromatic heterocycles. The van der Waals surface area contributed by atoms with Crippen molar-refractivity contribution in [3.05, 3.63) is 60.2 Å². The summed E-state index contributed by atoms with van der Waals surface area (Å²) >= 11 is 0. The fraction of sp³-hybridized carbons (Fsp3) is 0.300. The summed E-state index contributed by atoms with van der Waals surface area (Å²) in [6, 6.07) is 16.2. The molecule has 132 valence electrons. The molecule has 0 aliphatic rings. The molecule has 2 aromatic carbocycles. The number of amides is 2. The minimum atomic E-state index is -0.636. The van der Waals surface area contributed by atoms with Gasteiger partial charge < -0.3 is 15.4 Å². The van der Waals surface area contributed by atoms with E-state index in [2.05, 4.69) is 10.6 Å². The number of hydrogen-bond acceptors (Lipinski definition) is 3. The van der Waals surface area contributed by atoms with Gasteiger partial charge in [-0.05, 0) is 44.5 Å². The smallest absolute Gasteiger partial charge is 0.265 e. The van der Waals surface area contributed by atoms with E-state index in [4.69, 9.17) is 4.74 Å². The number of anilines is 1. The molecule has 1 atom stereocenters. The van der Waals surface area contributed by atoms with Crippen LogP contribution in [0.15, 0.2) is 54.6 Å². The van der Waals surface area contributed by atoms with Crippen LogP contribution in [0.3, 0.4) is 0 Å². The van der Waals surface area contributed by atoms with Gasteiger partial charge in [0, 0.05) is 6.04 Å². The molecule has 0 saturated carbocycles. The molecule has 0 aliphatic heterocycles. The first kappa shape index (κ1) is 18.5. The Bertz CT molecular complexity index is 714. The maximum absolute atomic E-state index is 12.6. The number of nitrogens with one attached hydrogen (secondary N) is 2. The van der Waals surface area contributed by atoms with Crippen molar-refractivity contribution < 1.29 is 14.3 Å². The summed E-state index contributed by atoms with van der Waals surface area (Å²) in [5.41, 5.74) is 0.903. The van der Waals surface area contributed by atoms with Crippen molar-refractivity contribution in [3.8, 4) is 5.75 Å². The van der Waals surface area contributed by atoms with E-state index in [9.17, 15) is 9.59 Å². The quantitative estimate of drug-likeness (QED) is 0.809. The van der Waals surface area contributed by atoms with E-state index < -0.39 is 6.10 Å². The average molecular weight is 340 g/mol. The number of benzene rings is 2. The molecule has 1 unspecified atom stereocenters. The molecule has 0 spiro atoms. The maximum Gasteiger partial charge on any atom is 0.265 e. The average Bonchev–Trinajstić information content (AvgIpc) is 2.60. The van der Waals surface area contributed by atoms with E-state index in [0.717, 1.165) is 0 Å². The molecule has 0 radical (unpaired) electrons. The number of carbonyl (C=O) groups excluding carboxylic acids is 2. The summed E-state index contributed by atoms with van der Waals surface area (Å²) in [7, 11) is 0. The Balaban J connectivity index is 2.12. The molecule has 25 heavy (non-hydrogen) atoms. The van der Waals surface area contributed by atoms with Crippen molar-refractivity contribution >= 4 is 17.5 Å². The van der Waals surface area contributed by atoms with Crippen LogP contribution in [0.4, 0.5) is 5.69 Å². The summed E-state index contributed by atoms with van der Waals surface area (Å²) in [6.45, 7) is 5.66. The van der Waals surface area contributed by atoms with Crippen LogP contribution < -0.4 is 15.4 Å². The molecule has 0 bridgehead atoms. The number of carbonyl (C=O) groups is 2. The molecule has 0 saturated heterocycles. The fourth-order valence-corrected chi connectivity index (χ4v) is 2.33. The Morgan fingerprint density at radius 1 is 1.00 bits per heavy atom. The van der Waals surface area contributed by atoms with Crippen molar-refractivity contribution in [2.75, 3.05) is 5.32 Å². The van der Waals surface area contributed by atoms with Gasteiger partial charge in [0.15, 0.2) is 6.10 Å². The van der Waals surface area contributed by atoms with Gasteiger partial charge in [-0.2, -0.15) is 0 Å². The van der Waals surface area contributed by atoms with Gasteiger partial charge in [0.25, 0.3) is 11.8 Å². The number of para-hydroxylation sites is 2. The lowest BCUT2D eigenvalue weighted by Gasteiger charge is -2.18. The molecule has 5 heteroatoms. The van der Waals surface area contributed by atoms with Gasteiger partial charge in [-0.3, -0.25) is 9.59 Å². The third-order valence-corrected chi connectivity index (χ3v) is 3.53. The Morgan fingerprint density at radius 2 is 1.64 bits per heavy atom. The predicted octanol–water partition coefficient (Wildman–Crippen LogP) is 3.62. The summed E-state index contributed by atoms with van der Waals surface area (Å²) in [5, 5.41) is 5.65. The summed E-state index contributed by atoms with van der Waals surface area (Å²) in [5.74, 6) is 0.134. The molecule has 2 aromatic rings. The van der Waals surface area contributed by atoms with Crippen LogP contribution in [0.5, 0.6) is 5.75 Å². The first-order valence-electron chi connectivity index (χ1n) is 8.43. The highest BCUT2D eigenvalue weighted by atomic mass is 16.5. The Morgan fingerprint density at radius 3 is 2.28 bits per heavy atom. The third-order valence-electron chi connectivity index (χ3n) is 3.53. The second-order valence-corrected chi connectivity index (χ2v) is 5.99. The van der Waals surface area contributed by atoms with Crippen molar-refractivity contribution in [3.63, 3.8) is 0 Å². The van der Waals surface area contributed by atoms with Gasteiger partial charge in [0.05, 0.1) is 11.3 Å². The summed E-state index contributed by atoms with van der Waals surface area (Å²) in [4.78, 5) is 24.9. The number of rotatable bonds is 7. The molecule has 0 fully saturated rings.